The first-order valence-corrected chi connectivity index (χ1v) is 8.98. The molecule has 0 aromatic heterocycles. The van der Waals surface area contributed by atoms with Gasteiger partial charge >= 0.3 is 0 Å². The van der Waals surface area contributed by atoms with E-state index in [1.54, 1.807) is 29.2 Å². The van der Waals surface area contributed by atoms with Crippen LogP contribution in [0.15, 0.2) is 48.5 Å². The number of hydrogen-bond donors (Lipinski definition) is 1. The number of fused-ring (bicyclic) bond motifs is 1. The van der Waals surface area contributed by atoms with Crippen LogP contribution in [-0.4, -0.2) is 38.5 Å². The standard InChI is InChI=1S/C20H22ClN3O2/c1-14-12-23(2)17-8-3-4-9-18(17)24(13-14)19(25)11-22-20(26)15-6-5-7-16(21)10-15/h3-10,14H,11-13H2,1-2H3,(H,22,26). The van der Waals surface area contributed by atoms with Gasteiger partial charge in [0.05, 0.1) is 17.9 Å². The highest BCUT2D eigenvalue weighted by molar-refractivity contribution is 6.31. The lowest BCUT2D eigenvalue weighted by molar-refractivity contribution is -0.117. The number of amides is 2. The molecule has 1 aliphatic heterocycles. The van der Waals surface area contributed by atoms with Gasteiger partial charge in [-0.05, 0) is 36.2 Å². The molecule has 0 saturated carbocycles. The summed E-state index contributed by atoms with van der Waals surface area (Å²) in [5, 5.41) is 3.19. The normalized spacial score (nSPS) is 16.7. The molecule has 2 amide bonds. The third-order valence-electron chi connectivity index (χ3n) is 4.45. The van der Waals surface area contributed by atoms with Crippen LogP contribution >= 0.6 is 11.6 Å². The van der Waals surface area contributed by atoms with Gasteiger partial charge in [0.15, 0.2) is 0 Å². The zero-order chi connectivity index (χ0) is 18.7. The highest BCUT2D eigenvalue weighted by Gasteiger charge is 2.26. The van der Waals surface area contributed by atoms with E-state index in [4.69, 9.17) is 11.6 Å². The molecule has 0 spiro atoms. The number of para-hydroxylation sites is 2. The van der Waals surface area contributed by atoms with Crippen molar-refractivity contribution in [3.8, 4) is 0 Å². The van der Waals surface area contributed by atoms with E-state index in [1.165, 1.54) is 0 Å². The zero-order valence-electron chi connectivity index (χ0n) is 14.9. The van der Waals surface area contributed by atoms with E-state index in [2.05, 4.69) is 17.1 Å². The lowest BCUT2D eigenvalue weighted by atomic mass is 10.1. The van der Waals surface area contributed by atoms with Crippen molar-refractivity contribution < 1.29 is 9.59 Å². The predicted octanol–water partition coefficient (Wildman–Crippen LogP) is 3.19. The summed E-state index contributed by atoms with van der Waals surface area (Å²) in [5.41, 5.74) is 2.34. The van der Waals surface area contributed by atoms with Gasteiger partial charge in [0.1, 0.15) is 0 Å². The number of nitrogens with one attached hydrogen (secondary N) is 1. The van der Waals surface area contributed by atoms with Gasteiger partial charge in [-0.1, -0.05) is 36.7 Å². The molecule has 5 nitrogen and oxygen atoms in total. The molecule has 1 heterocycles. The Balaban J connectivity index is 1.74. The molecular weight excluding hydrogens is 350 g/mol. The second kappa shape index (κ2) is 7.79. The smallest absolute Gasteiger partial charge is 0.251 e. The Labute approximate surface area is 158 Å². The Morgan fingerprint density at radius 2 is 1.85 bits per heavy atom. The van der Waals surface area contributed by atoms with E-state index in [0.717, 1.165) is 17.9 Å². The van der Waals surface area contributed by atoms with Crippen LogP contribution in [0.1, 0.15) is 17.3 Å². The minimum Gasteiger partial charge on any atom is -0.373 e. The SMILES string of the molecule is CC1CN(C)c2ccccc2N(C(=O)CNC(=O)c2cccc(Cl)c2)C1. The summed E-state index contributed by atoms with van der Waals surface area (Å²) < 4.78 is 0. The quantitative estimate of drug-likeness (QED) is 0.901. The molecule has 2 aromatic carbocycles. The molecule has 3 rings (SSSR count). The zero-order valence-corrected chi connectivity index (χ0v) is 15.7. The monoisotopic (exact) mass is 371 g/mol. The van der Waals surface area contributed by atoms with Crippen LogP contribution < -0.4 is 15.1 Å². The third-order valence-corrected chi connectivity index (χ3v) is 4.69. The molecule has 1 unspecified atom stereocenters. The fourth-order valence-electron chi connectivity index (χ4n) is 3.27. The van der Waals surface area contributed by atoms with Crippen molar-refractivity contribution in [2.24, 2.45) is 5.92 Å². The molecule has 0 saturated heterocycles. The fourth-order valence-corrected chi connectivity index (χ4v) is 3.46. The second-order valence-corrected chi connectivity index (χ2v) is 7.11. The van der Waals surface area contributed by atoms with Crippen molar-refractivity contribution in [3.05, 3.63) is 59.1 Å². The average molecular weight is 372 g/mol. The van der Waals surface area contributed by atoms with E-state index < -0.39 is 0 Å². The number of carbonyl (C=O) groups excluding carboxylic acids is 2. The van der Waals surface area contributed by atoms with Crippen LogP contribution in [-0.2, 0) is 4.79 Å². The van der Waals surface area contributed by atoms with Crippen LogP contribution in [0.2, 0.25) is 5.02 Å². The molecule has 1 aliphatic rings. The molecule has 0 aliphatic carbocycles. The van der Waals surface area contributed by atoms with E-state index in [0.29, 0.717) is 23.0 Å². The van der Waals surface area contributed by atoms with Crippen molar-refractivity contribution in [3.63, 3.8) is 0 Å². The summed E-state index contributed by atoms with van der Waals surface area (Å²) in [6.07, 6.45) is 0. The average Bonchev–Trinajstić information content (AvgIpc) is 2.76. The van der Waals surface area contributed by atoms with Crippen molar-refractivity contribution in [2.75, 3.05) is 36.5 Å². The maximum Gasteiger partial charge on any atom is 0.251 e. The van der Waals surface area contributed by atoms with Crippen molar-refractivity contribution >= 4 is 34.8 Å². The third kappa shape index (κ3) is 3.99. The number of anilines is 2. The minimum atomic E-state index is -0.311. The first-order chi connectivity index (χ1) is 12.5. The van der Waals surface area contributed by atoms with Gasteiger partial charge in [0.2, 0.25) is 5.91 Å². The molecule has 6 heteroatoms. The van der Waals surface area contributed by atoms with Gasteiger partial charge in [-0.15, -0.1) is 0 Å². The largest absolute Gasteiger partial charge is 0.373 e. The number of hydrogen-bond acceptors (Lipinski definition) is 3. The van der Waals surface area contributed by atoms with Crippen LogP contribution in [0.5, 0.6) is 0 Å². The Morgan fingerprint density at radius 1 is 1.12 bits per heavy atom. The Morgan fingerprint density at radius 3 is 2.58 bits per heavy atom. The van der Waals surface area contributed by atoms with Crippen molar-refractivity contribution in [1.29, 1.82) is 0 Å². The summed E-state index contributed by atoms with van der Waals surface area (Å²) in [7, 11) is 2.03. The molecule has 26 heavy (non-hydrogen) atoms. The topological polar surface area (TPSA) is 52.6 Å². The molecule has 1 N–H and O–H groups in total. The fraction of sp³-hybridized carbons (Fsp3) is 0.300. The van der Waals surface area contributed by atoms with Gasteiger partial charge in [0, 0.05) is 30.7 Å². The number of carbonyl (C=O) groups is 2. The molecule has 136 valence electrons. The lowest BCUT2D eigenvalue weighted by Crippen LogP contribution is -2.42. The van der Waals surface area contributed by atoms with Crippen molar-refractivity contribution in [1.82, 2.24) is 5.32 Å². The maximum atomic E-state index is 12.8. The predicted molar refractivity (Wildman–Crippen MR) is 105 cm³/mol. The minimum absolute atomic E-state index is 0.0594. The lowest BCUT2D eigenvalue weighted by Gasteiger charge is -2.24. The Bertz CT molecular complexity index is 824. The van der Waals surface area contributed by atoms with E-state index in [-0.39, 0.29) is 18.4 Å². The van der Waals surface area contributed by atoms with Gasteiger partial charge in [0.25, 0.3) is 5.91 Å². The molecule has 0 bridgehead atoms. The van der Waals surface area contributed by atoms with Crippen LogP contribution in [0, 0.1) is 5.92 Å². The first-order valence-electron chi connectivity index (χ1n) is 8.60. The van der Waals surface area contributed by atoms with Gasteiger partial charge < -0.3 is 15.1 Å². The molecule has 1 atom stereocenters. The van der Waals surface area contributed by atoms with Gasteiger partial charge in [-0.2, -0.15) is 0 Å². The summed E-state index contributed by atoms with van der Waals surface area (Å²) >= 11 is 5.92. The van der Waals surface area contributed by atoms with Gasteiger partial charge in [-0.3, -0.25) is 9.59 Å². The summed E-state index contributed by atoms with van der Waals surface area (Å²) in [5.74, 6) is -0.121. The highest BCUT2D eigenvalue weighted by Crippen LogP contribution is 2.32. The number of nitrogens with zero attached hydrogens (tertiary/aromatic N) is 2. The Hall–Kier alpha value is -2.53. The summed E-state index contributed by atoms with van der Waals surface area (Å²) in [6, 6.07) is 14.5. The van der Waals surface area contributed by atoms with Gasteiger partial charge in [-0.25, -0.2) is 0 Å². The van der Waals surface area contributed by atoms with E-state index >= 15 is 0 Å². The second-order valence-electron chi connectivity index (χ2n) is 6.67. The van der Waals surface area contributed by atoms with E-state index in [9.17, 15) is 9.59 Å². The summed E-state index contributed by atoms with van der Waals surface area (Å²) in [6.45, 7) is 3.55. The first kappa shape index (κ1) is 18.3. The Kier molecular flexibility index (Phi) is 5.47. The number of benzene rings is 2. The maximum absolute atomic E-state index is 12.8. The van der Waals surface area contributed by atoms with E-state index in [1.807, 2.05) is 31.3 Å². The highest BCUT2D eigenvalue weighted by atomic mass is 35.5. The van der Waals surface area contributed by atoms with Crippen LogP contribution in [0.3, 0.4) is 0 Å². The molecule has 2 aromatic rings. The number of halogens is 1. The summed E-state index contributed by atoms with van der Waals surface area (Å²) in [4.78, 5) is 29.0. The van der Waals surface area contributed by atoms with Crippen LogP contribution in [0.4, 0.5) is 11.4 Å². The molecule has 0 radical (unpaired) electrons. The van der Waals surface area contributed by atoms with Crippen LogP contribution in [0.25, 0.3) is 0 Å². The molecule has 0 fully saturated rings. The molecular formula is C20H22ClN3O2. The van der Waals surface area contributed by atoms with Crippen molar-refractivity contribution in [2.45, 2.75) is 6.92 Å². The number of rotatable bonds is 3.